The molecule has 0 saturated carbocycles. The van der Waals surface area contributed by atoms with Crippen LogP contribution in [0.5, 0.6) is 0 Å². The lowest BCUT2D eigenvalue weighted by Crippen LogP contribution is -2.45. The summed E-state index contributed by atoms with van der Waals surface area (Å²) in [5.74, 6) is 0.260. The zero-order valence-electron chi connectivity index (χ0n) is 11.9. The maximum atomic E-state index is 12.3. The first-order chi connectivity index (χ1) is 10.1. The number of thiazole rings is 1. The number of thiophene rings is 1. The highest BCUT2D eigenvalue weighted by molar-refractivity contribution is 7.14. The highest BCUT2D eigenvalue weighted by Gasteiger charge is 2.27. The van der Waals surface area contributed by atoms with Crippen molar-refractivity contribution in [2.45, 2.75) is 25.9 Å². The summed E-state index contributed by atoms with van der Waals surface area (Å²) in [5, 5.41) is 16.8. The van der Waals surface area contributed by atoms with Gasteiger partial charge < -0.3 is 10.0 Å². The number of carbonyl (C=O) groups excluding carboxylic acids is 1. The zero-order chi connectivity index (χ0) is 14.8. The molecule has 2 aromatic heterocycles. The molecule has 1 amide bonds. The Morgan fingerprint density at radius 3 is 3.10 bits per heavy atom. The number of aromatic nitrogens is 1. The van der Waals surface area contributed by atoms with E-state index in [4.69, 9.17) is 0 Å². The first kappa shape index (κ1) is 14.7. The molecule has 1 fully saturated rings. The fourth-order valence-corrected chi connectivity index (χ4v) is 4.07. The standard InChI is InChI=1S/C15H18N2O2S2/c1-10-7-17(4-2-13(10)18)14(19)6-12-9-21-15(16-12)11-3-5-20-8-11/h3,5,8-10,13,18H,2,4,6-7H2,1H3. The Morgan fingerprint density at radius 1 is 1.52 bits per heavy atom. The summed E-state index contributed by atoms with van der Waals surface area (Å²) in [6, 6.07) is 2.04. The second-order valence-corrected chi connectivity index (χ2v) is 7.14. The van der Waals surface area contributed by atoms with Gasteiger partial charge >= 0.3 is 0 Å². The lowest BCUT2D eigenvalue weighted by molar-refractivity contribution is -0.134. The second kappa shape index (κ2) is 6.25. The number of aliphatic hydroxyl groups is 1. The first-order valence-electron chi connectivity index (χ1n) is 7.06. The summed E-state index contributed by atoms with van der Waals surface area (Å²) >= 11 is 3.23. The maximum Gasteiger partial charge on any atom is 0.228 e. The summed E-state index contributed by atoms with van der Waals surface area (Å²) in [5.41, 5.74) is 1.96. The van der Waals surface area contributed by atoms with Crippen molar-refractivity contribution >= 4 is 28.6 Å². The number of carbonyl (C=O) groups is 1. The topological polar surface area (TPSA) is 53.4 Å². The molecule has 2 aromatic rings. The van der Waals surface area contributed by atoms with Gasteiger partial charge in [0.15, 0.2) is 0 Å². The van der Waals surface area contributed by atoms with Crippen LogP contribution in [0.4, 0.5) is 0 Å². The molecule has 3 heterocycles. The minimum atomic E-state index is -0.279. The molecule has 0 aromatic carbocycles. The molecule has 0 spiro atoms. The van der Waals surface area contributed by atoms with Gasteiger partial charge in [-0.2, -0.15) is 11.3 Å². The van der Waals surface area contributed by atoms with E-state index in [1.54, 1.807) is 22.7 Å². The van der Waals surface area contributed by atoms with Gasteiger partial charge in [0.25, 0.3) is 0 Å². The molecular formula is C15H18N2O2S2. The van der Waals surface area contributed by atoms with Crippen LogP contribution in [0.3, 0.4) is 0 Å². The van der Waals surface area contributed by atoms with E-state index in [0.29, 0.717) is 25.9 Å². The number of aliphatic hydroxyl groups excluding tert-OH is 1. The van der Waals surface area contributed by atoms with E-state index in [1.165, 1.54) is 0 Å². The van der Waals surface area contributed by atoms with Crippen LogP contribution in [0.25, 0.3) is 10.6 Å². The van der Waals surface area contributed by atoms with Crippen molar-refractivity contribution in [3.05, 3.63) is 27.9 Å². The molecule has 1 aliphatic rings. The lowest BCUT2D eigenvalue weighted by atomic mass is 9.96. The van der Waals surface area contributed by atoms with E-state index in [0.717, 1.165) is 16.3 Å². The fourth-order valence-electron chi connectivity index (χ4n) is 2.53. The predicted molar refractivity (Wildman–Crippen MR) is 85.5 cm³/mol. The predicted octanol–water partition coefficient (Wildman–Crippen LogP) is 2.64. The number of piperidine rings is 1. The number of hydrogen-bond acceptors (Lipinski definition) is 5. The molecule has 112 valence electrons. The third kappa shape index (κ3) is 3.33. The number of rotatable bonds is 3. The number of amides is 1. The van der Waals surface area contributed by atoms with Crippen LogP contribution in [0.2, 0.25) is 0 Å². The highest BCUT2D eigenvalue weighted by atomic mass is 32.1. The monoisotopic (exact) mass is 322 g/mol. The van der Waals surface area contributed by atoms with Gasteiger partial charge in [-0.05, 0) is 23.8 Å². The molecule has 21 heavy (non-hydrogen) atoms. The molecule has 0 radical (unpaired) electrons. The highest BCUT2D eigenvalue weighted by Crippen LogP contribution is 2.26. The van der Waals surface area contributed by atoms with Crippen molar-refractivity contribution in [3.8, 4) is 10.6 Å². The van der Waals surface area contributed by atoms with Crippen molar-refractivity contribution in [2.75, 3.05) is 13.1 Å². The molecule has 2 atom stereocenters. The maximum absolute atomic E-state index is 12.3. The van der Waals surface area contributed by atoms with Crippen LogP contribution in [0.1, 0.15) is 19.0 Å². The Hall–Kier alpha value is -1.24. The molecule has 1 aliphatic heterocycles. The quantitative estimate of drug-likeness (QED) is 0.945. The minimum Gasteiger partial charge on any atom is -0.393 e. The molecule has 0 bridgehead atoms. The number of nitrogens with zero attached hydrogens (tertiary/aromatic N) is 2. The van der Waals surface area contributed by atoms with Crippen LogP contribution in [0, 0.1) is 5.92 Å². The van der Waals surface area contributed by atoms with E-state index >= 15 is 0 Å². The normalized spacial score (nSPS) is 22.5. The zero-order valence-corrected chi connectivity index (χ0v) is 13.5. The second-order valence-electron chi connectivity index (χ2n) is 5.51. The van der Waals surface area contributed by atoms with E-state index in [9.17, 15) is 9.90 Å². The van der Waals surface area contributed by atoms with Crippen LogP contribution < -0.4 is 0 Å². The minimum absolute atomic E-state index is 0.107. The molecule has 3 rings (SSSR count). The summed E-state index contributed by atoms with van der Waals surface area (Å²) in [6.07, 6.45) is 0.742. The van der Waals surface area contributed by atoms with Gasteiger partial charge in [0.2, 0.25) is 5.91 Å². The third-order valence-corrected chi connectivity index (χ3v) is 5.49. The van der Waals surface area contributed by atoms with Crippen molar-refractivity contribution in [1.29, 1.82) is 0 Å². The Bertz CT molecular complexity index is 609. The van der Waals surface area contributed by atoms with Crippen LogP contribution in [-0.4, -0.2) is 40.1 Å². The van der Waals surface area contributed by atoms with E-state index in [1.807, 2.05) is 28.7 Å². The molecule has 1 saturated heterocycles. The molecule has 6 heteroatoms. The lowest BCUT2D eigenvalue weighted by Gasteiger charge is -2.34. The van der Waals surface area contributed by atoms with E-state index in [2.05, 4.69) is 10.4 Å². The number of likely N-dealkylation sites (tertiary alicyclic amines) is 1. The first-order valence-corrected chi connectivity index (χ1v) is 8.88. The Balaban J connectivity index is 1.63. The van der Waals surface area contributed by atoms with Gasteiger partial charge in [-0.1, -0.05) is 6.92 Å². The molecular weight excluding hydrogens is 304 g/mol. The van der Waals surface area contributed by atoms with Crippen LogP contribution in [0.15, 0.2) is 22.2 Å². The van der Waals surface area contributed by atoms with Gasteiger partial charge in [0, 0.05) is 29.4 Å². The largest absolute Gasteiger partial charge is 0.393 e. The number of hydrogen-bond donors (Lipinski definition) is 1. The Morgan fingerprint density at radius 2 is 2.38 bits per heavy atom. The summed E-state index contributed by atoms with van der Waals surface area (Å²) in [7, 11) is 0. The van der Waals surface area contributed by atoms with Gasteiger partial charge in [0.1, 0.15) is 5.01 Å². The van der Waals surface area contributed by atoms with Crippen molar-refractivity contribution in [1.82, 2.24) is 9.88 Å². The van der Waals surface area contributed by atoms with Crippen molar-refractivity contribution < 1.29 is 9.90 Å². The van der Waals surface area contributed by atoms with E-state index < -0.39 is 0 Å². The van der Waals surface area contributed by atoms with Crippen LogP contribution >= 0.6 is 22.7 Å². The summed E-state index contributed by atoms with van der Waals surface area (Å²) < 4.78 is 0. The van der Waals surface area contributed by atoms with E-state index in [-0.39, 0.29) is 17.9 Å². The van der Waals surface area contributed by atoms with Gasteiger partial charge in [0.05, 0.1) is 18.2 Å². The molecule has 0 aliphatic carbocycles. The summed E-state index contributed by atoms with van der Waals surface area (Å²) in [4.78, 5) is 18.7. The Kier molecular flexibility index (Phi) is 4.37. The van der Waals surface area contributed by atoms with Gasteiger partial charge in [-0.25, -0.2) is 4.98 Å². The van der Waals surface area contributed by atoms with Crippen LogP contribution in [-0.2, 0) is 11.2 Å². The average molecular weight is 322 g/mol. The van der Waals surface area contributed by atoms with Gasteiger partial charge in [-0.15, -0.1) is 11.3 Å². The third-order valence-electron chi connectivity index (χ3n) is 3.86. The Labute approximate surface area is 132 Å². The van der Waals surface area contributed by atoms with Crippen molar-refractivity contribution in [3.63, 3.8) is 0 Å². The molecule has 1 N–H and O–H groups in total. The van der Waals surface area contributed by atoms with Gasteiger partial charge in [-0.3, -0.25) is 4.79 Å². The fraction of sp³-hybridized carbons (Fsp3) is 0.467. The smallest absolute Gasteiger partial charge is 0.228 e. The SMILES string of the molecule is CC1CN(C(=O)Cc2csc(-c3ccsc3)n2)CCC1O. The summed E-state index contributed by atoms with van der Waals surface area (Å²) in [6.45, 7) is 3.27. The average Bonchev–Trinajstić information content (AvgIpc) is 3.12. The molecule has 2 unspecified atom stereocenters. The molecule has 4 nitrogen and oxygen atoms in total. The van der Waals surface area contributed by atoms with Crippen molar-refractivity contribution in [2.24, 2.45) is 5.92 Å².